The first-order valence-corrected chi connectivity index (χ1v) is 7.87. The summed E-state index contributed by atoms with van der Waals surface area (Å²) in [6.07, 6.45) is 11.4. The van der Waals surface area contributed by atoms with Gasteiger partial charge in [0, 0.05) is 6.54 Å². The number of hydrogen-bond donors (Lipinski definition) is 0. The summed E-state index contributed by atoms with van der Waals surface area (Å²) in [4.78, 5) is 15.9. The molecule has 20 heavy (non-hydrogen) atoms. The van der Waals surface area contributed by atoms with E-state index in [1.807, 2.05) is 0 Å². The van der Waals surface area contributed by atoms with E-state index in [4.69, 9.17) is 16.3 Å². The molecule has 0 spiro atoms. The van der Waals surface area contributed by atoms with Gasteiger partial charge in [0.15, 0.2) is 5.15 Å². The Morgan fingerprint density at radius 3 is 2.35 bits per heavy atom. The second kappa shape index (κ2) is 9.81. The zero-order valence-corrected chi connectivity index (χ0v) is 13.3. The maximum atomic E-state index is 12.0. The van der Waals surface area contributed by atoms with Crippen molar-refractivity contribution in [2.75, 3.05) is 7.11 Å². The van der Waals surface area contributed by atoms with Crippen LogP contribution in [0.15, 0.2) is 11.1 Å². The summed E-state index contributed by atoms with van der Waals surface area (Å²) in [5, 5.41) is 0.129. The van der Waals surface area contributed by atoms with Crippen LogP contribution in [0.5, 0.6) is 5.75 Å². The third-order valence-corrected chi connectivity index (χ3v) is 3.68. The molecule has 1 aromatic heterocycles. The van der Waals surface area contributed by atoms with Crippen LogP contribution in [-0.4, -0.2) is 16.7 Å². The molecule has 0 aliphatic heterocycles. The summed E-state index contributed by atoms with van der Waals surface area (Å²) >= 11 is 5.80. The molecule has 5 heteroatoms. The monoisotopic (exact) mass is 300 g/mol. The molecule has 0 aliphatic carbocycles. The second-order valence-corrected chi connectivity index (χ2v) is 5.40. The fourth-order valence-corrected chi connectivity index (χ4v) is 2.40. The van der Waals surface area contributed by atoms with Crippen molar-refractivity contribution >= 4 is 11.6 Å². The van der Waals surface area contributed by atoms with Crippen molar-refractivity contribution in [1.82, 2.24) is 9.55 Å². The first-order valence-electron chi connectivity index (χ1n) is 7.49. The molecule has 1 rings (SSSR count). The van der Waals surface area contributed by atoms with Gasteiger partial charge in [-0.1, -0.05) is 63.5 Å². The van der Waals surface area contributed by atoms with Gasteiger partial charge in [-0.3, -0.25) is 9.36 Å². The Morgan fingerprint density at radius 2 is 1.75 bits per heavy atom. The lowest BCUT2D eigenvalue weighted by Crippen LogP contribution is -2.22. The Hall–Kier alpha value is -1.03. The molecule has 0 atom stereocenters. The van der Waals surface area contributed by atoms with Crippen LogP contribution in [0.4, 0.5) is 0 Å². The molecular weight excluding hydrogens is 276 g/mol. The molecular formula is C15H25ClN2O2. The van der Waals surface area contributed by atoms with Crippen molar-refractivity contribution in [3.8, 4) is 5.75 Å². The predicted octanol–water partition coefficient (Wildman–Crippen LogP) is 4.05. The Morgan fingerprint density at radius 1 is 1.15 bits per heavy atom. The molecule has 0 fully saturated rings. The summed E-state index contributed by atoms with van der Waals surface area (Å²) in [6, 6.07) is 0. The van der Waals surface area contributed by atoms with Gasteiger partial charge in [-0.2, -0.15) is 0 Å². The van der Waals surface area contributed by atoms with E-state index in [1.165, 1.54) is 52.0 Å². The molecule has 0 aromatic carbocycles. The zero-order chi connectivity index (χ0) is 14.8. The van der Waals surface area contributed by atoms with E-state index < -0.39 is 0 Å². The minimum Gasteiger partial charge on any atom is -0.489 e. The number of hydrogen-bond acceptors (Lipinski definition) is 3. The lowest BCUT2D eigenvalue weighted by Gasteiger charge is -2.08. The lowest BCUT2D eigenvalue weighted by atomic mass is 10.1. The third-order valence-electron chi connectivity index (χ3n) is 3.41. The van der Waals surface area contributed by atoms with E-state index in [1.54, 1.807) is 4.57 Å². The molecule has 4 nitrogen and oxygen atoms in total. The molecule has 0 amide bonds. The minimum atomic E-state index is -0.199. The molecule has 0 saturated heterocycles. The normalized spacial score (nSPS) is 10.8. The number of aryl methyl sites for hydroxylation is 1. The van der Waals surface area contributed by atoms with Crippen molar-refractivity contribution in [2.24, 2.45) is 0 Å². The minimum absolute atomic E-state index is 0.129. The highest BCUT2D eigenvalue weighted by Crippen LogP contribution is 2.15. The molecule has 0 aliphatic rings. The maximum Gasteiger partial charge on any atom is 0.297 e. The van der Waals surface area contributed by atoms with E-state index in [0.717, 1.165) is 12.8 Å². The number of unbranched alkanes of at least 4 members (excludes halogenated alkanes) is 7. The first-order chi connectivity index (χ1) is 9.70. The topological polar surface area (TPSA) is 44.1 Å². The van der Waals surface area contributed by atoms with E-state index >= 15 is 0 Å². The first kappa shape index (κ1) is 17.0. The summed E-state index contributed by atoms with van der Waals surface area (Å²) in [5.41, 5.74) is -0.199. The number of methoxy groups -OCH3 is 1. The fourth-order valence-electron chi connectivity index (χ4n) is 2.20. The van der Waals surface area contributed by atoms with Gasteiger partial charge >= 0.3 is 0 Å². The molecule has 1 heterocycles. The van der Waals surface area contributed by atoms with Crippen molar-refractivity contribution in [3.05, 3.63) is 21.8 Å². The summed E-state index contributed by atoms with van der Waals surface area (Å²) in [5.74, 6) is 0.133. The van der Waals surface area contributed by atoms with Gasteiger partial charge in [0.05, 0.1) is 13.4 Å². The third kappa shape index (κ3) is 5.53. The molecule has 114 valence electrons. The van der Waals surface area contributed by atoms with Gasteiger partial charge in [0.25, 0.3) is 5.56 Å². The molecule has 0 bridgehead atoms. The Bertz CT molecular complexity index is 446. The van der Waals surface area contributed by atoms with Gasteiger partial charge in [-0.15, -0.1) is 0 Å². The van der Waals surface area contributed by atoms with Gasteiger partial charge in [0.1, 0.15) is 0 Å². The largest absolute Gasteiger partial charge is 0.489 e. The predicted molar refractivity (Wildman–Crippen MR) is 82.7 cm³/mol. The summed E-state index contributed by atoms with van der Waals surface area (Å²) in [6.45, 7) is 2.90. The molecule has 0 radical (unpaired) electrons. The maximum absolute atomic E-state index is 12.0. The number of aromatic nitrogens is 2. The molecule has 0 unspecified atom stereocenters. The number of nitrogens with zero attached hydrogens (tertiary/aromatic N) is 2. The fraction of sp³-hybridized carbons (Fsp3) is 0.733. The standard InChI is InChI=1S/C15H25ClN2O2/c1-3-4-5-6-7-8-9-10-11-18-12-17-14(16)13(20-2)15(18)19/h12H,3-11H2,1-2H3. The Labute approximate surface area is 126 Å². The van der Waals surface area contributed by atoms with Gasteiger partial charge in [0.2, 0.25) is 5.75 Å². The van der Waals surface area contributed by atoms with Crippen LogP contribution in [0, 0.1) is 0 Å². The van der Waals surface area contributed by atoms with Crippen molar-refractivity contribution in [2.45, 2.75) is 64.8 Å². The number of ether oxygens (including phenoxy) is 1. The average molecular weight is 301 g/mol. The summed E-state index contributed by atoms with van der Waals surface area (Å²) in [7, 11) is 1.44. The zero-order valence-electron chi connectivity index (χ0n) is 12.5. The van der Waals surface area contributed by atoms with E-state index in [9.17, 15) is 4.79 Å². The van der Waals surface area contributed by atoms with Crippen molar-refractivity contribution in [1.29, 1.82) is 0 Å². The number of halogens is 1. The Balaban J connectivity index is 2.27. The highest BCUT2D eigenvalue weighted by molar-refractivity contribution is 6.30. The number of rotatable bonds is 10. The molecule has 0 saturated carbocycles. The average Bonchev–Trinajstić information content (AvgIpc) is 2.44. The van der Waals surface area contributed by atoms with Crippen LogP contribution in [0.2, 0.25) is 5.15 Å². The Kier molecular flexibility index (Phi) is 8.35. The second-order valence-electron chi connectivity index (χ2n) is 5.04. The van der Waals surface area contributed by atoms with Crippen molar-refractivity contribution in [3.63, 3.8) is 0 Å². The molecule has 1 aromatic rings. The smallest absolute Gasteiger partial charge is 0.297 e. The van der Waals surface area contributed by atoms with Gasteiger partial charge in [-0.05, 0) is 6.42 Å². The van der Waals surface area contributed by atoms with E-state index in [-0.39, 0.29) is 16.5 Å². The molecule has 0 N–H and O–H groups in total. The van der Waals surface area contributed by atoms with Crippen molar-refractivity contribution < 1.29 is 4.74 Å². The highest BCUT2D eigenvalue weighted by atomic mass is 35.5. The van der Waals surface area contributed by atoms with Crippen LogP contribution in [0.25, 0.3) is 0 Å². The van der Waals surface area contributed by atoms with Gasteiger partial charge in [-0.25, -0.2) is 4.98 Å². The van der Waals surface area contributed by atoms with E-state index in [2.05, 4.69) is 11.9 Å². The lowest BCUT2D eigenvalue weighted by molar-refractivity contribution is 0.397. The van der Waals surface area contributed by atoms with Crippen LogP contribution < -0.4 is 10.3 Å². The van der Waals surface area contributed by atoms with Crippen LogP contribution in [-0.2, 0) is 6.54 Å². The van der Waals surface area contributed by atoms with E-state index in [0.29, 0.717) is 6.54 Å². The van der Waals surface area contributed by atoms with Gasteiger partial charge < -0.3 is 4.74 Å². The van der Waals surface area contributed by atoms with Crippen LogP contribution in [0.1, 0.15) is 58.3 Å². The highest BCUT2D eigenvalue weighted by Gasteiger charge is 2.09. The van der Waals surface area contributed by atoms with Crippen LogP contribution >= 0.6 is 11.6 Å². The summed E-state index contributed by atoms with van der Waals surface area (Å²) < 4.78 is 6.54. The quantitative estimate of drug-likeness (QED) is 0.484. The SMILES string of the molecule is CCCCCCCCCCn1cnc(Cl)c(OC)c1=O. The van der Waals surface area contributed by atoms with Crippen LogP contribution in [0.3, 0.4) is 0 Å².